The minimum absolute atomic E-state index is 0.0140. The fraction of sp³-hybridized carbons (Fsp3) is 0.700. The van der Waals surface area contributed by atoms with Gasteiger partial charge in [-0.05, 0) is 18.8 Å². The SMILES string of the molecule is CC(=O)C(N)/C=C/CC(C)(C)C. The van der Waals surface area contributed by atoms with Crippen LogP contribution in [0.5, 0.6) is 0 Å². The normalized spacial score (nSPS) is 15.1. The summed E-state index contributed by atoms with van der Waals surface area (Å²) in [6.07, 6.45) is 4.70. The smallest absolute Gasteiger partial charge is 0.150 e. The van der Waals surface area contributed by atoms with Crippen molar-refractivity contribution in [3.63, 3.8) is 0 Å². The molecule has 2 heteroatoms. The zero-order valence-electron chi connectivity index (χ0n) is 8.42. The lowest BCUT2D eigenvalue weighted by molar-refractivity contribution is -0.117. The summed E-state index contributed by atoms with van der Waals surface area (Å²) in [5.74, 6) is 0.0140. The van der Waals surface area contributed by atoms with Gasteiger partial charge in [0.25, 0.3) is 0 Å². The van der Waals surface area contributed by atoms with Gasteiger partial charge in [0.15, 0.2) is 0 Å². The Balaban J connectivity index is 3.85. The second kappa shape index (κ2) is 4.41. The number of hydrogen-bond donors (Lipinski definition) is 1. The summed E-state index contributed by atoms with van der Waals surface area (Å²) in [5.41, 5.74) is 5.78. The first-order valence-corrected chi connectivity index (χ1v) is 4.25. The van der Waals surface area contributed by atoms with E-state index in [1.54, 1.807) is 6.08 Å². The van der Waals surface area contributed by atoms with Crippen LogP contribution in [0, 0.1) is 5.41 Å². The van der Waals surface area contributed by atoms with Gasteiger partial charge in [-0.25, -0.2) is 0 Å². The van der Waals surface area contributed by atoms with Crippen LogP contribution in [0.1, 0.15) is 34.1 Å². The van der Waals surface area contributed by atoms with Gasteiger partial charge < -0.3 is 5.73 Å². The van der Waals surface area contributed by atoms with Crippen LogP contribution in [0.2, 0.25) is 0 Å². The number of ketones is 1. The van der Waals surface area contributed by atoms with Crippen molar-refractivity contribution in [2.24, 2.45) is 11.1 Å². The number of nitrogens with two attached hydrogens (primary N) is 1. The van der Waals surface area contributed by atoms with Gasteiger partial charge in [0, 0.05) is 0 Å². The molecule has 0 saturated heterocycles. The van der Waals surface area contributed by atoms with Crippen LogP contribution in [0.15, 0.2) is 12.2 Å². The van der Waals surface area contributed by atoms with E-state index in [2.05, 4.69) is 20.8 Å². The molecule has 0 saturated carbocycles. The van der Waals surface area contributed by atoms with Crippen molar-refractivity contribution >= 4 is 5.78 Å². The molecular formula is C10H19NO. The molecule has 0 aliphatic rings. The minimum atomic E-state index is -0.424. The van der Waals surface area contributed by atoms with E-state index in [0.717, 1.165) is 6.42 Å². The summed E-state index contributed by atoms with van der Waals surface area (Å²) in [5, 5.41) is 0. The van der Waals surface area contributed by atoms with Gasteiger partial charge >= 0.3 is 0 Å². The van der Waals surface area contributed by atoms with Crippen molar-refractivity contribution in [2.45, 2.75) is 40.2 Å². The van der Waals surface area contributed by atoms with Crippen molar-refractivity contribution in [3.05, 3.63) is 12.2 Å². The number of hydrogen-bond acceptors (Lipinski definition) is 2. The van der Waals surface area contributed by atoms with Crippen LogP contribution in [0.25, 0.3) is 0 Å². The molecule has 0 aliphatic heterocycles. The predicted octanol–water partition coefficient (Wildman–Crippen LogP) is 1.90. The van der Waals surface area contributed by atoms with E-state index in [1.807, 2.05) is 6.08 Å². The first-order valence-electron chi connectivity index (χ1n) is 4.25. The average molecular weight is 169 g/mol. The lowest BCUT2D eigenvalue weighted by Gasteiger charge is -2.14. The third-order valence-corrected chi connectivity index (χ3v) is 1.54. The zero-order chi connectivity index (χ0) is 9.78. The summed E-state index contributed by atoms with van der Waals surface area (Å²) < 4.78 is 0. The minimum Gasteiger partial charge on any atom is -0.318 e. The van der Waals surface area contributed by atoms with Crippen molar-refractivity contribution in [3.8, 4) is 0 Å². The van der Waals surface area contributed by atoms with Crippen LogP contribution < -0.4 is 5.73 Å². The third-order valence-electron chi connectivity index (χ3n) is 1.54. The molecule has 0 aromatic rings. The second-order valence-electron chi connectivity index (χ2n) is 4.33. The fourth-order valence-corrected chi connectivity index (χ4v) is 0.704. The van der Waals surface area contributed by atoms with Crippen molar-refractivity contribution in [1.29, 1.82) is 0 Å². The Hall–Kier alpha value is -0.630. The van der Waals surface area contributed by atoms with E-state index in [-0.39, 0.29) is 11.2 Å². The topological polar surface area (TPSA) is 43.1 Å². The molecule has 0 aromatic heterocycles. The van der Waals surface area contributed by atoms with E-state index in [4.69, 9.17) is 5.73 Å². The molecule has 70 valence electrons. The largest absolute Gasteiger partial charge is 0.318 e. The summed E-state index contributed by atoms with van der Waals surface area (Å²) >= 11 is 0. The summed E-state index contributed by atoms with van der Waals surface area (Å²) in [4.78, 5) is 10.7. The van der Waals surface area contributed by atoms with Gasteiger partial charge in [-0.2, -0.15) is 0 Å². The van der Waals surface area contributed by atoms with Crippen LogP contribution in [0.3, 0.4) is 0 Å². The molecular weight excluding hydrogens is 150 g/mol. The van der Waals surface area contributed by atoms with Gasteiger partial charge in [-0.15, -0.1) is 0 Å². The zero-order valence-corrected chi connectivity index (χ0v) is 8.42. The molecule has 0 heterocycles. The van der Waals surface area contributed by atoms with Gasteiger partial charge in [-0.3, -0.25) is 4.79 Å². The van der Waals surface area contributed by atoms with Crippen molar-refractivity contribution < 1.29 is 4.79 Å². The van der Waals surface area contributed by atoms with E-state index in [9.17, 15) is 4.79 Å². The molecule has 0 rings (SSSR count). The number of Topliss-reactive ketones (excluding diaryl/α,β-unsaturated/α-hetero) is 1. The first-order chi connectivity index (χ1) is 5.33. The molecule has 0 spiro atoms. The van der Waals surface area contributed by atoms with Crippen LogP contribution in [0.4, 0.5) is 0 Å². The van der Waals surface area contributed by atoms with E-state index in [0.29, 0.717) is 0 Å². The quantitative estimate of drug-likeness (QED) is 0.656. The molecule has 2 N–H and O–H groups in total. The first kappa shape index (κ1) is 11.4. The molecule has 0 fully saturated rings. The van der Waals surface area contributed by atoms with Crippen LogP contribution in [-0.2, 0) is 4.79 Å². The van der Waals surface area contributed by atoms with E-state index in [1.165, 1.54) is 6.92 Å². The van der Waals surface area contributed by atoms with Crippen LogP contribution >= 0.6 is 0 Å². The van der Waals surface area contributed by atoms with Crippen molar-refractivity contribution in [2.75, 3.05) is 0 Å². The van der Waals surface area contributed by atoms with Crippen molar-refractivity contribution in [1.82, 2.24) is 0 Å². The molecule has 0 aromatic carbocycles. The predicted molar refractivity (Wildman–Crippen MR) is 51.9 cm³/mol. The highest BCUT2D eigenvalue weighted by atomic mass is 16.1. The third kappa shape index (κ3) is 6.10. The van der Waals surface area contributed by atoms with E-state index >= 15 is 0 Å². The lowest BCUT2D eigenvalue weighted by Crippen LogP contribution is -2.25. The highest BCUT2D eigenvalue weighted by Crippen LogP contribution is 2.18. The molecule has 0 bridgehead atoms. The van der Waals surface area contributed by atoms with Gasteiger partial charge in [0.2, 0.25) is 0 Å². The second-order valence-corrected chi connectivity index (χ2v) is 4.33. The number of rotatable bonds is 3. The molecule has 1 unspecified atom stereocenters. The number of carbonyl (C=O) groups is 1. The highest BCUT2D eigenvalue weighted by Gasteiger charge is 2.07. The maximum absolute atomic E-state index is 10.7. The Morgan fingerprint density at radius 3 is 2.33 bits per heavy atom. The average Bonchev–Trinajstić information content (AvgIpc) is 1.84. The number of allylic oxidation sites excluding steroid dienone is 1. The summed E-state index contributed by atoms with van der Waals surface area (Å²) in [7, 11) is 0. The maximum atomic E-state index is 10.7. The Morgan fingerprint density at radius 2 is 2.00 bits per heavy atom. The standard InChI is InChI=1S/C10H19NO/c1-8(12)9(11)6-5-7-10(2,3)4/h5-6,9H,7,11H2,1-4H3/b6-5+. The van der Waals surface area contributed by atoms with Gasteiger partial charge in [0.05, 0.1) is 6.04 Å². The summed E-state index contributed by atoms with van der Waals surface area (Å²) in [6.45, 7) is 7.95. The number of carbonyl (C=O) groups excluding carboxylic acids is 1. The molecule has 0 radical (unpaired) electrons. The molecule has 2 nitrogen and oxygen atoms in total. The maximum Gasteiger partial charge on any atom is 0.150 e. The van der Waals surface area contributed by atoms with Crippen LogP contribution in [-0.4, -0.2) is 11.8 Å². The Kier molecular flexibility index (Phi) is 4.18. The molecule has 12 heavy (non-hydrogen) atoms. The molecule has 0 aliphatic carbocycles. The lowest BCUT2D eigenvalue weighted by atomic mass is 9.92. The molecule has 0 amide bonds. The highest BCUT2D eigenvalue weighted by molar-refractivity contribution is 5.83. The van der Waals surface area contributed by atoms with Gasteiger partial charge in [-0.1, -0.05) is 32.9 Å². The fourth-order valence-electron chi connectivity index (χ4n) is 0.704. The Morgan fingerprint density at radius 1 is 1.50 bits per heavy atom. The monoisotopic (exact) mass is 169 g/mol. The molecule has 1 atom stereocenters. The van der Waals surface area contributed by atoms with E-state index < -0.39 is 6.04 Å². The Bertz CT molecular complexity index is 177. The van der Waals surface area contributed by atoms with Gasteiger partial charge in [0.1, 0.15) is 5.78 Å². The summed E-state index contributed by atoms with van der Waals surface area (Å²) in [6, 6.07) is -0.424. The Labute approximate surface area is 74.8 Å².